The lowest BCUT2D eigenvalue weighted by molar-refractivity contribution is -0.114. The lowest BCUT2D eigenvalue weighted by atomic mass is 9.84. The topological polar surface area (TPSA) is 69.7 Å². The van der Waals surface area contributed by atoms with E-state index < -0.39 is 15.6 Å². The maximum absolute atomic E-state index is 12.9. The summed E-state index contributed by atoms with van der Waals surface area (Å²) in [6.07, 6.45) is 8.45. The highest BCUT2D eigenvalue weighted by atomic mass is 32.2. The predicted molar refractivity (Wildman–Crippen MR) is 114 cm³/mol. The second-order valence-corrected chi connectivity index (χ2v) is 9.43. The van der Waals surface area contributed by atoms with Gasteiger partial charge in [-0.15, -0.1) is 0 Å². The molecule has 0 spiro atoms. The molecular formula is C23H30O5S. The largest absolute Gasteiger partial charge is 0.359 e. The Labute approximate surface area is 174 Å². The SMILES string of the molecule is COCOC[C@H]1CC(CCC=C(C)C)=CC=C1C(=O)CS(=O)(=O)c1ccccc1. The van der Waals surface area contributed by atoms with E-state index in [1.807, 2.05) is 6.08 Å². The van der Waals surface area contributed by atoms with E-state index in [1.165, 1.54) is 23.3 Å². The lowest BCUT2D eigenvalue weighted by Gasteiger charge is -2.24. The number of ether oxygens (including phenoxy) is 2. The number of hydrogen-bond acceptors (Lipinski definition) is 5. The molecule has 0 aliphatic heterocycles. The minimum atomic E-state index is -3.68. The third-order valence-corrected chi connectivity index (χ3v) is 6.36. The van der Waals surface area contributed by atoms with E-state index in [4.69, 9.17) is 9.47 Å². The number of ketones is 1. The number of sulfone groups is 1. The molecule has 0 fully saturated rings. The Hall–Kier alpha value is -2.02. The highest BCUT2D eigenvalue weighted by Gasteiger charge is 2.28. The van der Waals surface area contributed by atoms with Crippen LogP contribution in [0.3, 0.4) is 0 Å². The van der Waals surface area contributed by atoms with E-state index in [1.54, 1.807) is 31.4 Å². The van der Waals surface area contributed by atoms with Gasteiger partial charge in [0.15, 0.2) is 15.6 Å². The molecule has 5 nitrogen and oxygen atoms in total. The normalized spacial score (nSPS) is 16.7. The summed E-state index contributed by atoms with van der Waals surface area (Å²) in [5.74, 6) is -1.08. The van der Waals surface area contributed by atoms with Gasteiger partial charge in [0.2, 0.25) is 0 Å². The number of rotatable bonds is 11. The molecular weight excluding hydrogens is 388 g/mol. The van der Waals surface area contributed by atoms with Crippen LogP contribution in [0.1, 0.15) is 33.1 Å². The number of allylic oxidation sites excluding steroid dienone is 5. The minimum Gasteiger partial charge on any atom is -0.359 e. The molecule has 29 heavy (non-hydrogen) atoms. The van der Waals surface area contributed by atoms with E-state index in [0.717, 1.165) is 12.8 Å². The van der Waals surface area contributed by atoms with Gasteiger partial charge in [-0.3, -0.25) is 4.79 Å². The van der Waals surface area contributed by atoms with Crippen LogP contribution in [0, 0.1) is 5.92 Å². The van der Waals surface area contributed by atoms with Crippen molar-refractivity contribution in [2.24, 2.45) is 5.92 Å². The zero-order valence-corrected chi connectivity index (χ0v) is 18.2. The van der Waals surface area contributed by atoms with Crippen LogP contribution in [0.15, 0.2) is 70.2 Å². The van der Waals surface area contributed by atoms with Crippen molar-refractivity contribution < 1.29 is 22.7 Å². The monoisotopic (exact) mass is 418 g/mol. The van der Waals surface area contributed by atoms with E-state index >= 15 is 0 Å². The molecule has 1 aliphatic rings. The minimum absolute atomic E-state index is 0.136. The second kappa shape index (κ2) is 11.2. The van der Waals surface area contributed by atoms with Crippen LogP contribution in [-0.2, 0) is 24.1 Å². The quantitative estimate of drug-likeness (QED) is 0.305. The Balaban J connectivity index is 2.16. The number of carbonyl (C=O) groups excluding carboxylic acids is 1. The Morgan fingerprint density at radius 3 is 2.55 bits per heavy atom. The molecule has 0 aromatic heterocycles. The fraction of sp³-hybridized carbons (Fsp3) is 0.435. The summed E-state index contributed by atoms with van der Waals surface area (Å²) in [6.45, 7) is 4.59. The first-order valence-electron chi connectivity index (χ1n) is 9.74. The molecule has 1 atom stereocenters. The molecule has 0 heterocycles. The number of hydrogen-bond donors (Lipinski definition) is 0. The number of carbonyl (C=O) groups is 1. The molecule has 1 aromatic carbocycles. The van der Waals surface area contributed by atoms with Crippen LogP contribution < -0.4 is 0 Å². The smallest absolute Gasteiger partial charge is 0.185 e. The van der Waals surface area contributed by atoms with Gasteiger partial charge in [-0.1, -0.05) is 47.6 Å². The van der Waals surface area contributed by atoms with Gasteiger partial charge < -0.3 is 9.47 Å². The van der Waals surface area contributed by atoms with Crippen molar-refractivity contribution in [2.75, 3.05) is 26.3 Å². The first-order chi connectivity index (χ1) is 13.8. The van der Waals surface area contributed by atoms with Crippen molar-refractivity contribution in [1.29, 1.82) is 0 Å². The average Bonchev–Trinajstić information content (AvgIpc) is 2.68. The van der Waals surface area contributed by atoms with E-state index in [9.17, 15) is 13.2 Å². The van der Waals surface area contributed by atoms with Crippen molar-refractivity contribution >= 4 is 15.6 Å². The first-order valence-corrected chi connectivity index (χ1v) is 11.4. The zero-order chi connectivity index (χ0) is 21.3. The van der Waals surface area contributed by atoms with Gasteiger partial charge in [-0.05, 0) is 45.2 Å². The average molecular weight is 419 g/mol. The molecule has 0 N–H and O–H groups in total. The molecule has 0 bridgehead atoms. The van der Waals surface area contributed by atoms with Gasteiger partial charge in [0.05, 0.1) is 11.5 Å². The zero-order valence-electron chi connectivity index (χ0n) is 17.4. The van der Waals surface area contributed by atoms with Gasteiger partial charge in [0.25, 0.3) is 0 Å². The van der Waals surface area contributed by atoms with E-state index in [2.05, 4.69) is 19.9 Å². The van der Waals surface area contributed by atoms with Crippen molar-refractivity contribution in [3.05, 3.63) is 65.3 Å². The number of benzene rings is 1. The van der Waals surface area contributed by atoms with Crippen molar-refractivity contribution in [2.45, 2.75) is 38.0 Å². The first kappa shape index (κ1) is 23.3. The molecule has 1 aromatic rings. The standard InChI is InChI=1S/C23H30O5S/c1-18(2)8-7-9-19-12-13-22(20(14-19)15-28-17-27-3)23(24)16-29(25,26)21-10-5-4-6-11-21/h4-6,8,10-13,20H,7,9,14-17H2,1-3H3/t20-/m1/s1. The third-order valence-electron chi connectivity index (χ3n) is 4.73. The Kier molecular flexibility index (Phi) is 9.01. The molecule has 0 unspecified atom stereocenters. The molecule has 0 saturated carbocycles. The van der Waals surface area contributed by atoms with Crippen LogP contribution in [0.5, 0.6) is 0 Å². The Morgan fingerprint density at radius 1 is 1.17 bits per heavy atom. The summed E-state index contributed by atoms with van der Waals surface area (Å²) in [7, 11) is -2.14. The van der Waals surface area contributed by atoms with Crippen molar-refractivity contribution in [3.8, 4) is 0 Å². The molecule has 0 saturated heterocycles. The molecule has 158 valence electrons. The maximum Gasteiger partial charge on any atom is 0.185 e. The van der Waals surface area contributed by atoms with Gasteiger partial charge in [0, 0.05) is 18.6 Å². The van der Waals surface area contributed by atoms with Crippen molar-refractivity contribution in [1.82, 2.24) is 0 Å². The van der Waals surface area contributed by atoms with Crippen LogP contribution in [0.2, 0.25) is 0 Å². The second-order valence-electron chi connectivity index (χ2n) is 7.44. The highest BCUT2D eigenvalue weighted by molar-refractivity contribution is 7.92. The number of Topliss-reactive ketones (excluding diaryl/α,β-unsaturated/α-hetero) is 1. The van der Waals surface area contributed by atoms with Gasteiger partial charge in [0.1, 0.15) is 12.5 Å². The van der Waals surface area contributed by atoms with E-state index in [0.29, 0.717) is 18.6 Å². The van der Waals surface area contributed by atoms with Crippen molar-refractivity contribution in [3.63, 3.8) is 0 Å². The van der Waals surface area contributed by atoms with Crippen LogP contribution in [-0.4, -0.2) is 40.5 Å². The number of methoxy groups -OCH3 is 1. The maximum atomic E-state index is 12.9. The Morgan fingerprint density at radius 2 is 1.90 bits per heavy atom. The van der Waals surface area contributed by atoms with Gasteiger partial charge >= 0.3 is 0 Å². The molecule has 6 heteroatoms. The van der Waals surface area contributed by atoms with Crippen LogP contribution >= 0.6 is 0 Å². The van der Waals surface area contributed by atoms with E-state index in [-0.39, 0.29) is 23.4 Å². The predicted octanol–water partition coefficient (Wildman–Crippen LogP) is 4.27. The molecule has 2 rings (SSSR count). The van der Waals surface area contributed by atoms with Gasteiger partial charge in [-0.25, -0.2) is 8.42 Å². The molecule has 0 amide bonds. The molecule has 1 aliphatic carbocycles. The fourth-order valence-corrected chi connectivity index (χ4v) is 4.53. The summed E-state index contributed by atoms with van der Waals surface area (Å²) >= 11 is 0. The van der Waals surface area contributed by atoms with Crippen LogP contribution in [0.4, 0.5) is 0 Å². The summed E-state index contributed by atoms with van der Waals surface area (Å²) < 4.78 is 35.6. The lowest BCUT2D eigenvalue weighted by Crippen LogP contribution is -2.26. The summed E-state index contributed by atoms with van der Waals surface area (Å²) in [6, 6.07) is 8.08. The van der Waals surface area contributed by atoms with Gasteiger partial charge in [-0.2, -0.15) is 0 Å². The third kappa shape index (κ3) is 7.38. The molecule has 0 radical (unpaired) electrons. The fourth-order valence-electron chi connectivity index (χ4n) is 3.28. The highest BCUT2D eigenvalue weighted by Crippen LogP contribution is 2.30. The summed E-state index contributed by atoms with van der Waals surface area (Å²) in [4.78, 5) is 13.0. The summed E-state index contributed by atoms with van der Waals surface area (Å²) in [5, 5.41) is 0. The summed E-state index contributed by atoms with van der Waals surface area (Å²) in [5.41, 5.74) is 3.02. The Bertz CT molecular complexity index is 875. The van der Waals surface area contributed by atoms with Crippen LogP contribution in [0.25, 0.3) is 0 Å².